The van der Waals surface area contributed by atoms with E-state index in [0.29, 0.717) is 11.6 Å². The van der Waals surface area contributed by atoms with Gasteiger partial charge in [-0.2, -0.15) is 5.10 Å². The van der Waals surface area contributed by atoms with Crippen molar-refractivity contribution in [3.05, 3.63) is 24.5 Å². The van der Waals surface area contributed by atoms with Crippen LogP contribution in [0.4, 0.5) is 11.5 Å². The van der Waals surface area contributed by atoms with Gasteiger partial charge < -0.3 is 10.5 Å². The maximum absolute atomic E-state index is 11.9. The number of nitrogens with zero attached hydrogens (tertiary/aromatic N) is 2. The molecule has 0 aliphatic heterocycles. The van der Waals surface area contributed by atoms with Crippen molar-refractivity contribution in [2.24, 2.45) is 0 Å². The molecule has 0 bridgehead atoms. The van der Waals surface area contributed by atoms with Crippen molar-refractivity contribution < 1.29 is 13.2 Å². The lowest BCUT2D eigenvalue weighted by atomic mass is 10.4. The average Bonchev–Trinajstić information content (AvgIpc) is 2.77. The van der Waals surface area contributed by atoms with E-state index >= 15 is 0 Å². The zero-order chi connectivity index (χ0) is 13.2. The summed E-state index contributed by atoms with van der Waals surface area (Å²) >= 11 is 0. The Balaban J connectivity index is 2.25. The van der Waals surface area contributed by atoms with Crippen LogP contribution in [0.2, 0.25) is 0 Å². The van der Waals surface area contributed by atoms with E-state index in [1.807, 2.05) is 0 Å². The van der Waals surface area contributed by atoms with Crippen molar-refractivity contribution in [2.75, 3.05) is 17.6 Å². The number of nitrogens with two attached hydrogens (primary N) is 1. The minimum Gasteiger partial charge on any atom is -0.481 e. The molecule has 2 rings (SSSR count). The summed E-state index contributed by atoms with van der Waals surface area (Å²) in [5.41, 5.74) is 5.76. The fraction of sp³-hybridized carbons (Fsp3) is 0.111. The summed E-state index contributed by atoms with van der Waals surface area (Å²) in [5.74, 6) is 0.366. The molecule has 0 aromatic carbocycles. The van der Waals surface area contributed by atoms with Crippen LogP contribution in [0.1, 0.15) is 0 Å². The third-order valence-electron chi connectivity index (χ3n) is 2.12. The summed E-state index contributed by atoms with van der Waals surface area (Å²) in [6, 6.07) is 3.07. The Morgan fingerprint density at radius 1 is 1.39 bits per heavy atom. The average molecular weight is 269 g/mol. The second kappa shape index (κ2) is 4.53. The number of ether oxygens (including phenoxy) is 1. The second-order valence-electron chi connectivity index (χ2n) is 3.34. The Labute approximate surface area is 103 Å². The number of aromatic nitrogens is 3. The molecule has 0 saturated carbocycles. The first-order chi connectivity index (χ1) is 8.53. The molecule has 0 aliphatic carbocycles. The van der Waals surface area contributed by atoms with Gasteiger partial charge in [0.05, 0.1) is 25.2 Å². The van der Waals surface area contributed by atoms with Gasteiger partial charge in [-0.15, -0.1) is 0 Å². The van der Waals surface area contributed by atoms with Crippen molar-refractivity contribution >= 4 is 21.5 Å². The molecule has 0 fully saturated rings. The van der Waals surface area contributed by atoms with Crippen molar-refractivity contribution in [3.63, 3.8) is 0 Å². The van der Waals surface area contributed by atoms with E-state index in [9.17, 15) is 8.42 Å². The summed E-state index contributed by atoms with van der Waals surface area (Å²) in [6.45, 7) is 0. The molecule has 8 nitrogen and oxygen atoms in total. The van der Waals surface area contributed by atoms with Crippen LogP contribution in [-0.4, -0.2) is 30.7 Å². The molecule has 0 atom stereocenters. The van der Waals surface area contributed by atoms with Crippen molar-refractivity contribution in [1.82, 2.24) is 15.2 Å². The molecule has 18 heavy (non-hydrogen) atoms. The van der Waals surface area contributed by atoms with Gasteiger partial charge in [-0.25, -0.2) is 13.4 Å². The summed E-state index contributed by atoms with van der Waals surface area (Å²) in [5, 5.41) is 5.90. The number of hydrogen-bond donors (Lipinski definition) is 3. The van der Waals surface area contributed by atoms with Crippen LogP contribution in [0.25, 0.3) is 0 Å². The minimum absolute atomic E-state index is 0.0241. The second-order valence-corrected chi connectivity index (χ2v) is 4.99. The topological polar surface area (TPSA) is 123 Å². The van der Waals surface area contributed by atoms with E-state index in [2.05, 4.69) is 19.9 Å². The van der Waals surface area contributed by atoms with Gasteiger partial charge >= 0.3 is 0 Å². The molecular weight excluding hydrogens is 258 g/mol. The third kappa shape index (κ3) is 2.35. The van der Waals surface area contributed by atoms with Gasteiger partial charge in [-0.05, 0) is 6.07 Å². The molecule has 0 amide bonds. The molecule has 2 heterocycles. The lowest BCUT2D eigenvalue weighted by Crippen LogP contribution is -2.14. The molecule has 0 saturated heterocycles. The number of nitrogen functional groups attached to an aromatic ring is 1. The first-order valence-corrected chi connectivity index (χ1v) is 6.33. The maximum Gasteiger partial charge on any atom is 0.267 e. The lowest BCUT2D eigenvalue weighted by Gasteiger charge is -2.06. The SMILES string of the molecule is COc1ccc(NS(=O)(=O)c2cn[nH]c2N)cn1. The van der Waals surface area contributed by atoms with Crippen LogP contribution in [0.3, 0.4) is 0 Å². The number of methoxy groups -OCH3 is 1. The lowest BCUT2D eigenvalue weighted by molar-refractivity contribution is 0.398. The highest BCUT2D eigenvalue weighted by molar-refractivity contribution is 7.92. The van der Waals surface area contributed by atoms with E-state index in [-0.39, 0.29) is 10.7 Å². The smallest absolute Gasteiger partial charge is 0.267 e. The monoisotopic (exact) mass is 269 g/mol. The summed E-state index contributed by atoms with van der Waals surface area (Å²) in [4.78, 5) is 3.77. The number of rotatable bonds is 4. The van der Waals surface area contributed by atoms with Crippen LogP contribution in [0.15, 0.2) is 29.4 Å². The van der Waals surface area contributed by atoms with Gasteiger partial charge in [0, 0.05) is 6.07 Å². The number of H-pyrrole nitrogens is 1. The molecule has 0 aliphatic rings. The first kappa shape index (κ1) is 12.2. The number of aromatic amines is 1. The number of nitrogens with one attached hydrogen (secondary N) is 2. The number of pyridine rings is 1. The van der Waals surface area contributed by atoms with Gasteiger partial charge in [0.1, 0.15) is 10.7 Å². The Bertz CT molecular complexity index is 634. The van der Waals surface area contributed by atoms with Gasteiger partial charge in [0.25, 0.3) is 10.0 Å². The fourth-order valence-corrected chi connectivity index (χ4v) is 2.34. The van der Waals surface area contributed by atoms with Crippen LogP contribution < -0.4 is 15.2 Å². The van der Waals surface area contributed by atoms with Crippen molar-refractivity contribution in [1.29, 1.82) is 0 Å². The molecule has 2 aromatic heterocycles. The number of anilines is 2. The van der Waals surface area contributed by atoms with E-state index in [1.165, 1.54) is 25.4 Å². The standard InChI is InChI=1S/C9H11N5O3S/c1-17-8-3-2-6(4-11-8)14-18(15,16)7-5-12-13-9(7)10/h2-5,14H,1H3,(H3,10,12,13). The zero-order valence-electron chi connectivity index (χ0n) is 9.41. The zero-order valence-corrected chi connectivity index (χ0v) is 10.2. The molecule has 4 N–H and O–H groups in total. The van der Waals surface area contributed by atoms with Crippen molar-refractivity contribution in [2.45, 2.75) is 4.90 Å². The Morgan fingerprint density at radius 3 is 2.67 bits per heavy atom. The van der Waals surface area contributed by atoms with Crippen molar-refractivity contribution in [3.8, 4) is 5.88 Å². The molecule has 0 unspecified atom stereocenters. The van der Waals surface area contributed by atoms with Crippen LogP contribution in [0, 0.1) is 0 Å². The highest BCUT2D eigenvalue weighted by Gasteiger charge is 2.19. The molecule has 96 valence electrons. The van der Waals surface area contributed by atoms with Gasteiger partial charge in [-0.1, -0.05) is 0 Å². The molecule has 0 radical (unpaired) electrons. The van der Waals surface area contributed by atoms with Crippen LogP contribution in [0.5, 0.6) is 5.88 Å². The predicted molar refractivity (Wildman–Crippen MR) is 64.6 cm³/mol. The summed E-state index contributed by atoms with van der Waals surface area (Å²) < 4.78 is 31.0. The highest BCUT2D eigenvalue weighted by Crippen LogP contribution is 2.19. The van der Waals surface area contributed by atoms with E-state index in [1.54, 1.807) is 0 Å². The number of sulfonamides is 1. The Kier molecular flexibility index (Phi) is 3.06. The quantitative estimate of drug-likeness (QED) is 0.728. The Morgan fingerprint density at radius 2 is 2.17 bits per heavy atom. The first-order valence-electron chi connectivity index (χ1n) is 4.84. The van der Waals surface area contributed by atoms with Gasteiger partial charge in [0.2, 0.25) is 5.88 Å². The predicted octanol–water partition coefficient (Wildman–Crippen LogP) is 0.196. The van der Waals surface area contributed by atoms with Gasteiger partial charge in [-0.3, -0.25) is 9.82 Å². The van der Waals surface area contributed by atoms with Crippen LogP contribution in [-0.2, 0) is 10.0 Å². The normalized spacial score (nSPS) is 11.2. The number of hydrogen-bond acceptors (Lipinski definition) is 6. The maximum atomic E-state index is 11.9. The fourth-order valence-electron chi connectivity index (χ4n) is 1.27. The summed E-state index contributed by atoms with van der Waals surface area (Å²) in [6.07, 6.45) is 2.47. The molecule has 9 heteroatoms. The minimum atomic E-state index is -3.77. The van der Waals surface area contributed by atoms with Gasteiger partial charge in [0.15, 0.2) is 0 Å². The molecular formula is C9H11N5O3S. The molecule has 0 spiro atoms. The van der Waals surface area contributed by atoms with E-state index < -0.39 is 10.0 Å². The van der Waals surface area contributed by atoms with Crippen LogP contribution >= 0.6 is 0 Å². The largest absolute Gasteiger partial charge is 0.481 e. The molecule has 2 aromatic rings. The van der Waals surface area contributed by atoms with E-state index in [4.69, 9.17) is 10.5 Å². The van der Waals surface area contributed by atoms with E-state index in [0.717, 1.165) is 6.20 Å². The Hall–Kier alpha value is -2.29. The highest BCUT2D eigenvalue weighted by atomic mass is 32.2. The third-order valence-corrected chi connectivity index (χ3v) is 3.53. The summed E-state index contributed by atoms with van der Waals surface area (Å²) in [7, 11) is -2.30.